The predicted molar refractivity (Wildman–Crippen MR) is 105 cm³/mol. The van der Waals surface area contributed by atoms with Gasteiger partial charge in [0.15, 0.2) is 0 Å². The monoisotopic (exact) mass is 363 g/mol. The van der Waals surface area contributed by atoms with Crippen molar-refractivity contribution in [2.45, 2.75) is 6.54 Å². The zero-order valence-corrected chi connectivity index (χ0v) is 14.9. The number of carbonyl (C=O) groups is 1. The molecule has 0 saturated carbocycles. The third kappa shape index (κ3) is 3.54. The molecule has 0 radical (unpaired) electrons. The number of para-hydroxylation sites is 1. The Morgan fingerprint density at radius 1 is 1.15 bits per heavy atom. The van der Waals surface area contributed by atoms with Gasteiger partial charge in [0.2, 0.25) is 0 Å². The van der Waals surface area contributed by atoms with Crippen LogP contribution in [0.15, 0.2) is 53.6 Å². The molecule has 1 aliphatic heterocycles. The lowest BCUT2D eigenvalue weighted by molar-refractivity contribution is 0.1000. The Morgan fingerprint density at radius 2 is 1.93 bits per heavy atom. The van der Waals surface area contributed by atoms with E-state index in [-0.39, 0.29) is 5.56 Å². The number of anilines is 1. The van der Waals surface area contributed by atoms with Gasteiger partial charge in [-0.2, -0.15) is 0 Å². The summed E-state index contributed by atoms with van der Waals surface area (Å²) >= 11 is 0. The number of nitrogens with one attached hydrogen (secondary N) is 1. The Labute approximate surface area is 156 Å². The summed E-state index contributed by atoms with van der Waals surface area (Å²) in [5, 5.41) is 1.04. The van der Waals surface area contributed by atoms with Crippen LogP contribution in [0, 0.1) is 0 Å². The van der Waals surface area contributed by atoms with Crippen LogP contribution in [0.25, 0.3) is 10.9 Å². The fraction of sp³-hybridized carbons (Fsp3) is 0.250. The number of rotatable bonds is 4. The summed E-state index contributed by atoms with van der Waals surface area (Å²) in [6, 6.07) is 11.6. The molecule has 138 valence electrons. The van der Waals surface area contributed by atoms with E-state index in [9.17, 15) is 9.59 Å². The van der Waals surface area contributed by atoms with Crippen molar-refractivity contribution in [2.75, 3.05) is 31.1 Å². The summed E-state index contributed by atoms with van der Waals surface area (Å²) in [5.74, 6) is -0.469. The molecule has 7 nitrogen and oxygen atoms in total. The molecule has 3 N–H and O–H groups in total. The van der Waals surface area contributed by atoms with Crippen molar-refractivity contribution >= 4 is 22.5 Å². The highest BCUT2D eigenvalue weighted by Gasteiger charge is 2.21. The topological polar surface area (TPSA) is 95.3 Å². The molecule has 0 bridgehead atoms. The number of fused-ring (bicyclic) bond motifs is 1. The third-order valence-corrected chi connectivity index (χ3v) is 5.00. The molecule has 0 unspecified atom stereocenters. The van der Waals surface area contributed by atoms with E-state index in [2.05, 4.69) is 19.8 Å². The first-order valence-corrected chi connectivity index (χ1v) is 8.94. The van der Waals surface area contributed by atoms with Crippen molar-refractivity contribution in [3.63, 3.8) is 0 Å². The fourth-order valence-electron chi connectivity index (χ4n) is 3.55. The molecule has 1 amide bonds. The van der Waals surface area contributed by atoms with Gasteiger partial charge < -0.3 is 15.6 Å². The second kappa shape index (κ2) is 7.20. The van der Waals surface area contributed by atoms with Crippen LogP contribution in [0.4, 0.5) is 5.69 Å². The molecule has 27 heavy (non-hydrogen) atoms. The minimum atomic E-state index is -0.469. The van der Waals surface area contributed by atoms with Crippen LogP contribution in [-0.2, 0) is 6.54 Å². The highest BCUT2D eigenvalue weighted by atomic mass is 16.1. The molecule has 1 aliphatic rings. The number of aromatic amines is 1. The fourth-order valence-corrected chi connectivity index (χ4v) is 3.55. The van der Waals surface area contributed by atoms with Gasteiger partial charge >= 0.3 is 0 Å². The van der Waals surface area contributed by atoms with E-state index in [0.717, 1.165) is 48.3 Å². The first-order valence-electron chi connectivity index (χ1n) is 8.94. The smallest absolute Gasteiger partial charge is 0.252 e. The van der Waals surface area contributed by atoms with Gasteiger partial charge in [-0.3, -0.25) is 19.5 Å². The number of benzene rings is 1. The van der Waals surface area contributed by atoms with Gasteiger partial charge in [0, 0.05) is 56.2 Å². The maximum atomic E-state index is 12.4. The van der Waals surface area contributed by atoms with E-state index in [1.54, 1.807) is 6.20 Å². The van der Waals surface area contributed by atoms with Crippen molar-refractivity contribution in [3.8, 4) is 0 Å². The quantitative estimate of drug-likeness (QED) is 0.729. The molecule has 0 atom stereocenters. The van der Waals surface area contributed by atoms with Crippen LogP contribution in [0.5, 0.6) is 0 Å². The van der Waals surface area contributed by atoms with Crippen LogP contribution < -0.4 is 16.2 Å². The summed E-state index contributed by atoms with van der Waals surface area (Å²) < 4.78 is 0. The molecule has 2 aromatic heterocycles. The van der Waals surface area contributed by atoms with Gasteiger partial charge in [-0.05, 0) is 23.6 Å². The number of H-pyrrole nitrogens is 1. The number of aromatic nitrogens is 2. The number of piperazine rings is 1. The van der Waals surface area contributed by atoms with Crippen molar-refractivity contribution < 1.29 is 4.79 Å². The van der Waals surface area contributed by atoms with Gasteiger partial charge in [0.25, 0.3) is 11.5 Å². The standard InChI is InChI=1S/C20H21N5O2/c21-19(26)16-12-22-6-5-18(16)25-9-7-24(8-10-25)13-15-11-14-3-1-2-4-17(14)23-20(15)27/h1-6,11-12H,7-10,13H2,(H2,21,26)(H,23,27). The number of amides is 1. The second-order valence-electron chi connectivity index (χ2n) is 6.73. The Hall–Kier alpha value is -3.19. The number of pyridine rings is 2. The van der Waals surface area contributed by atoms with Crippen molar-refractivity contribution in [1.29, 1.82) is 0 Å². The minimum Gasteiger partial charge on any atom is -0.368 e. The predicted octanol–water partition coefficient (Wildman–Crippen LogP) is 1.34. The van der Waals surface area contributed by atoms with Crippen molar-refractivity contribution in [2.24, 2.45) is 5.73 Å². The van der Waals surface area contributed by atoms with Gasteiger partial charge in [0.1, 0.15) is 0 Å². The Kier molecular flexibility index (Phi) is 4.60. The highest BCUT2D eigenvalue weighted by Crippen LogP contribution is 2.21. The molecule has 3 heterocycles. The van der Waals surface area contributed by atoms with Crippen LogP contribution in [0.2, 0.25) is 0 Å². The number of hydrogen-bond acceptors (Lipinski definition) is 5. The largest absolute Gasteiger partial charge is 0.368 e. The van der Waals surface area contributed by atoms with Gasteiger partial charge in [-0.25, -0.2) is 0 Å². The Morgan fingerprint density at radius 3 is 2.70 bits per heavy atom. The number of primary amides is 1. The molecular formula is C20H21N5O2. The molecule has 3 aromatic rings. The summed E-state index contributed by atoms with van der Waals surface area (Å²) in [4.78, 5) is 35.3. The highest BCUT2D eigenvalue weighted by molar-refractivity contribution is 5.98. The maximum Gasteiger partial charge on any atom is 0.252 e. The first kappa shape index (κ1) is 17.2. The summed E-state index contributed by atoms with van der Waals surface area (Å²) in [7, 11) is 0. The zero-order chi connectivity index (χ0) is 18.8. The summed E-state index contributed by atoms with van der Waals surface area (Å²) in [6.45, 7) is 3.72. The van der Waals surface area contributed by atoms with Crippen molar-refractivity contribution in [1.82, 2.24) is 14.9 Å². The number of nitrogens with zero attached hydrogens (tertiary/aromatic N) is 3. The second-order valence-corrected chi connectivity index (χ2v) is 6.73. The average molecular weight is 363 g/mol. The lowest BCUT2D eigenvalue weighted by Gasteiger charge is -2.36. The number of nitrogens with two attached hydrogens (primary N) is 1. The molecule has 7 heteroatoms. The van der Waals surface area contributed by atoms with Crippen LogP contribution >= 0.6 is 0 Å². The molecule has 1 fully saturated rings. The number of hydrogen-bond donors (Lipinski definition) is 2. The van der Waals surface area contributed by atoms with Crippen LogP contribution in [-0.4, -0.2) is 47.0 Å². The maximum absolute atomic E-state index is 12.4. The molecule has 1 aromatic carbocycles. The zero-order valence-electron chi connectivity index (χ0n) is 14.9. The van der Waals surface area contributed by atoms with Crippen molar-refractivity contribution in [3.05, 3.63) is 70.3 Å². The molecule has 4 rings (SSSR count). The minimum absolute atomic E-state index is 0.0405. The average Bonchev–Trinajstić information content (AvgIpc) is 2.69. The van der Waals surface area contributed by atoms with E-state index < -0.39 is 5.91 Å². The van der Waals surface area contributed by atoms with E-state index in [1.807, 2.05) is 36.4 Å². The Balaban J connectivity index is 1.47. The summed E-state index contributed by atoms with van der Waals surface area (Å²) in [5.41, 5.74) is 8.30. The van der Waals surface area contributed by atoms with Crippen LogP contribution in [0.1, 0.15) is 15.9 Å². The lowest BCUT2D eigenvalue weighted by atomic mass is 10.1. The van der Waals surface area contributed by atoms with E-state index in [4.69, 9.17) is 5.73 Å². The van der Waals surface area contributed by atoms with Crippen LogP contribution in [0.3, 0.4) is 0 Å². The molecule has 0 aliphatic carbocycles. The lowest BCUT2D eigenvalue weighted by Crippen LogP contribution is -2.47. The normalized spacial score (nSPS) is 15.2. The van der Waals surface area contributed by atoms with E-state index in [0.29, 0.717) is 12.1 Å². The van der Waals surface area contributed by atoms with Gasteiger partial charge in [-0.15, -0.1) is 0 Å². The number of carbonyl (C=O) groups excluding carboxylic acids is 1. The third-order valence-electron chi connectivity index (χ3n) is 5.00. The van der Waals surface area contributed by atoms with E-state index in [1.165, 1.54) is 6.20 Å². The first-order chi connectivity index (χ1) is 13.1. The summed E-state index contributed by atoms with van der Waals surface area (Å²) in [6.07, 6.45) is 3.18. The molecular weight excluding hydrogens is 342 g/mol. The van der Waals surface area contributed by atoms with Gasteiger partial charge in [0.05, 0.1) is 11.3 Å². The molecule has 1 saturated heterocycles. The Bertz CT molecular complexity index is 1040. The van der Waals surface area contributed by atoms with E-state index >= 15 is 0 Å². The molecule has 0 spiro atoms. The SMILES string of the molecule is NC(=O)c1cnccc1N1CCN(Cc2cc3ccccc3[nH]c2=O)CC1. The van der Waals surface area contributed by atoms with Gasteiger partial charge in [-0.1, -0.05) is 18.2 Å².